The minimum atomic E-state index is -0.919. The lowest BCUT2D eigenvalue weighted by atomic mass is 9.96. The van der Waals surface area contributed by atoms with Crippen molar-refractivity contribution in [2.75, 3.05) is 49.4 Å². The van der Waals surface area contributed by atoms with Crippen molar-refractivity contribution in [2.24, 2.45) is 0 Å². The number of carbonyl (C=O) groups is 2. The Kier molecular flexibility index (Phi) is 12.5. The maximum absolute atomic E-state index is 12.1. The number of thioether (sulfide) groups is 4. The summed E-state index contributed by atoms with van der Waals surface area (Å²) in [5.41, 5.74) is 5.74. The van der Waals surface area contributed by atoms with Crippen LogP contribution in [0.15, 0.2) is 24.3 Å². The molecule has 2 saturated heterocycles. The highest BCUT2D eigenvalue weighted by atomic mass is 32.2. The monoisotopic (exact) mass is 654 g/mol. The SMILES string of the molecule is Cc1cc(-c2cc(C)c(OCC(O)COC(=O)C3SCCS3)c(C)c2)cc(C)c1OCC(O)COC(=O)C1SCCS1. The van der Waals surface area contributed by atoms with Gasteiger partial charge >= 0.3 is 11.9 Å². The van der Waals surface area contributed by atoms with Gasteiger partial charge in [-0.15, -0.1) is 47.0 Å². The molecule has 42 heavy (non-hydrogen) atoms. The molecule has 0 aromatic heterocycles. The Hall–Kier alpha value is -1.70. The van der Waals surface area contributed by atoms with Gasteiger partial charge in [-0.1, -0.05) is 0 Å². The summed E-state index contributed by atoms with van der Waals surface area (Å²) in [5.74, 6) is 4.54. The maximum atomic E-state index is 12.1. The Morgan fingerprint density at radius 1 is 0.643 bits per heavy atom. The largest absolute Gasteiger partial charge is 0.490 e. The van der Waals surface area contributed by atoms with Gasteiger partial charge in [0.15, 0.2) is 0 Å². The summed E-state index contributed by atoms with van der Waals surface area (Å²) in [7, 11) is 0. The Labute approximate surface area is 264 Å². The molecule has 0 spiro atoms. The zero-order valence-corrected chi connectivity index (χ0v) is 27.5. The van der Waals surface area contributed by atoms with Gasteiger partial charge in [0, 0.05) is 23.0 Å². The van der Waals surface area contributed by atoms with Crippen molar-refractivity contribution >= 4 is 59.0 Å². The number of aliphatic hydroxyl groups excluding tert-OH is 2. The minimum absolute atomic E-state index is 0.0209. The highest BCUT2D eigenvalue weighted by Crippen LogP contribution is 2.35. The predicted octanol–water partition coefficient (Wildman–Crippen LogP) is 4.77. The van der Waals surface area contributed by atoms with Gasteiger partial charge < -0.3 is 29.2 Å². The Bertz CT molecular complexity index is 1100. The summed E-state index contributed by atoms with van der Waals surface area (Å²) in [5, 5.41) is 20.6. The molecule has 2 aromatic rings. The second kappa shape index (κ2) is 15.9. The third-order valence-corrected chi connectivity index (χ3v) is 12.4. The molecule has 0 amide bonds. The molecular formula is C30H38O8S4. The lowest BCUT2D eigenvalue weighted by Gasteiger charge is -2.19. The molecule has 2 aliphatic rings. The molecule has 2 N–H and O–H groups in total. The highest BCUT2D eigenvalue weighted by Gasteiger charge is 2.27. The van der Waals surface area contributed by atoms with E-state index < -0.39 is 12.2 Å². The van der Waals surface area contributed by atoms with E-state index in [1.165, 1.54) is 0 Å². The number of aliphatic hydroxyl groups is 2. The van der Waals surface area contributed by atoms with Gasteiger partial charge in [-0.05, 0) is 85.3 Å². The summed E-state index contributed by atoms with van der Waals surface area (Å²) < 4.78 is 22.0. The number of carbonyl (C=O) groups excluding carboxylic acids is 2. The van der Waals surface area contributed by atoms with E-state index in [2.05, 4.69) is 0 Å². The zero-order valence-electron chi connectivity index (χ0n) is 24.3. The number of aryl methyl sites for hydroxylation is 4. The summed E-state index contributed by atoms with van der Waals surface area (Å²) in [6, 6.07) is 8.15. The topological polar surface area (TPSA) is 112 Å². The first-order valence-corrected chi connectivity index (χ1v) is 18.0. The van der Waals surface area contributed by atoms with Gasteiger partial charge in [0.05, 0.1) is 0 Å². The smallest absolute Gasteiger partial charge is 0.329 e. The molecule has 0 radical (unpaired) electrons. The Morgan fingerprint density at radius 2 is 0.952 bits per heavy atom. The molecule has 0 bridgehead atoms. The zero-order chi connectivity index (χ0) is 30.2. The van der Waals surface area contributed by atoms with Crippen molar-refractivity contribution < 1.29 is 38.7 Å². The molecule has 2 atom stereocenters. The molecule has 2 heterocycles. The van der Waals surface area contributed by atoms with Crippen LogP contribution in [-0.4, -0.2) is 93.0 Å². The van der Waals surface area contributed by atoms with Gasteiger partial charge in [0.2, 0.25) is 0 Å². The van der Waals surface area contributed by atoms with Crippen LogP contribution in [0.2, 0.25) is 0 Å². The van der Waals surface area contributed by atoms with Crippen molar-refractivity contribution in [3.8, 4) is 22.6 Å². The van der Waals surface area contributed by atoms with E-state index in [4.69, 9.17) is 18.9 Å². The first-order valence-electron chi connectivity index (χ1n) is 13.8. The molecular weight excluding hydrogens is 617 g/mol. The van der Waals surface area contributed by atoms with E-state index in [1.54, 1.807) is 47.0 Å². The van der Waals surface area contributed by atoms with Crippen molar-refractivity contribution in [1.82, 2.24) is 0 Å². The van der Waals surface area contributed by atoms with E-state index in [0.29, 0.717) is 11.5 Å². The van der Waals surface area contributed by atoms with Crippen LogP contribution in [0.4, 0.5) is 0 Å². The summed E-state index contributed by atoms with van der Waals surface area (Å²) >= 11 is 6.28. The average molecular weight is 655 g/mol. The average Bonchev–Trinajstić information content (AvgIpc) is 3.69. The molecule has 0 saturated carbocycles. The molecule has 4 rings (SSSR count). The summed E-state index contributed by atoms with van der Waals surface area (Å²) in [4.78, 5) is 24.2. The number of benzene rings is 2. The van der Waals surface area contributed by atoms with Crippen molar-refractivity contribution in [3.05, 3.63) is 46.5 Å². The van der Waals surface area contributed by atoms with Crippen LogP contribution in [-0.2, 0) is 19.1 Å². The Morgan fingerprint density at radius 3 is 1.26 bits per heavy atom. The fraction of sp³-hybridized carbons (Fsp3) is 0.533. The van der Waals surface area contributed by atoms with Gasteiger partial charge in [0.25, 0.3) is 0 Å². The number of rotatable bonds is 13. The lowest BCUT2D eigenvalue weighted by molar-refractivity contribution is -0.145. The third-order valence-electron chi connectivity index (χ3n) is 6.56. The number of ether oxygens (including phenoxy) is 4. The van der Waals surface area contributed by atoms with E-state index >= 15 is 0 Å². The molecule has 2 aromatic carbocycles. The first-order chi connectivity index (χ1) is 20.1. The van der Waals surface area contributed by atoms with E-state index in [1.807, 2.05) is 52.0 Å². The Balaban J connectivity index is 1.30. The minimum Gasteiger partial charge on any atom is -0.490 e. The van der Waals surface area contributed by atoms with Crippen LogP contribution in [0.5, 0.6) is 11.5 Å². The molecule has 2 aliphatic heterocycles. The van der Waals surface area contributed by atoms with Gasteiger partial charge in [-0.3, -0.25) is 0 Å². The standard InChI is InChI=1S/C30H38O8S4/c1-17-9-21(10-18(2)25(17)35-13-23(31)15-37-27(33)29-39-5-6-40-29)22-11-19(3)26(20(4)12-22)36-14-24(32)16-38-28(34)30-41-7-8-42-30/h9-12,23-24,29-32H,5-8,13-16H2,1-4H3. The number of hydrogen-bond acceptors (Lipinski definition) is 12. The van der Waals surface area contributed by atoms with E-state index in [0.717, 1.165) is 56.4 Å². The van der Waals surface area contributed by atoms with Gasteiger partial charge in [-0.2, -0.15) is 0 Å². The van der Waals surface area contributed by atoms with E-state index in [9.17, 15) is 19.8 Å². The second-order valence-corrected chi connectivity index (χ2v) is 15.7. The fourth-order valence-corrected chi connectivity index (χ4v) is 9.76. The van der Waals surface area contributed by atoms with Crippen LogP contribution < -0.4 is 9.47 Å². The predicted molar refractivity (Wildman–Crippen MR) is 173 cm³/mol. The number of hydrogen-bond donors (Lipinski definition) is 2. The van der Waals surface area contributed by atoms with Crippen LogP contribution in [0, 0.1) is 27.7 Å². The van der Waals surface area contributed by atoms with Crippen LogP contribution >= 0.6 is 47.0 Å². The maximum Gasteiger partial charge on any atom is 0.329 e. The number of esters is 2. The summed E-state index contributed by atoms with van der Waals surface area (Å²) in [6.07, 6.45) is -1.84. The first kappa shape index (κ1) is 33.2. The molecule has 8 nitrogen and oxygen atoms in total. The molecule has 2 unspecified atom stereocenters. The van der Waals surface area contributed by atoms with Crippen LogP contribution in [0.1, 0.15) is 22.3 Å². The quantitative estimate of drug-likeness (QED) is 0.291. The lowest BCUT2D eigenvalue weighted by Crippen LogP contribution is -2.27. The van der Waals surface area contributed by atoms with Crippen molar-refractivity contribution in [3.63, 3.8) is 0 Å². The van der Waals surface area contributed by atoms with Gasteiger partial charge in [-0.25, -0.2) is 9.59 Å². The molecule has 12 heteroatoms. The molecule has 0 aliphatic carbocycles. The highest BCUT2D eigenvalue weighted by molar-refractivity contribution is 8.21. The third kappa shape index (κ3) is 9.15. The molecule has 2 fully saturated rings. The fourth-order valence-electron chi connectivity index (χ4n) is 4.63. The van der Waals surface area contributed by atoms with E-state index in [-0.39, 0.29) is 47.5 Å². The normalized spacial score (nSPS) is 17.2. The second-order valence-electron chi connectivity index (χ2n) is 10.2. The van der Waals surface area contributed by atoms with Crippen molar-refractivity contribution in [2.45, 2.75) is 49.1 Å². The molecule has 230 valence electrons. The van der Waals surface area contributed by atoms with Crippen molar-refractivity contribution in [1.29, 1.82) is 0 Å². The summed E-state index contributed by atoms with van der Waals surface area (Å²) in [6.45, 7) is 7.69. The van der Waals surface area contributed by atoms with Gasteiger partial charge in [0.1, 0.15) is 59.3 Å². The van der Waals surface area contributed by atoms with Crippen LogP contribution in [0.25, 0.3) is 11.1 Å². The van der Waals surface area contributed by atoms with Crippen LogP contribution in [0.3, 0.4) is 0 Å².